The molecule has 0 N–H and O–H groups in total. The lowest BCUT2D eigenvalue weighted by atomic mass is 10.1. The summed E-state index contributed by atoms with van der Waals surface area (Å²) in [5.41, 5.74) is 0. The van der Waals surface area contributed by atoms with Gasteiger partial charge in [-0.2, -0.15) is 0 Å². The van der Waals surface area contributed by atoms with E-state index < -0.39 is 0 Å². The van der Waals surface area contributed by atoms with E-state index in [1.165, 1.54) is 6.42 Å². The van der Waals surface area contributed by atoms with Crippen LogP contribution in [0.1, 0.15) is 32.6 Å². The standard InChI is InChI=1S/C9H17NO/c1-3-5-9(11)8-6-4-7-10(8)2/h8H,3-7H2,1-2H3/t8-/m0/s1. The molecule has 1 saturated heterocycles. The van der Waals surface area contributed by atoms with Gasteiger partial charge in [0, 0.05) is 6.42 Å². The van der Waals surface area contributed by atoms with Gasteiger partial charge in [-0.3, -0.25) is 9.69 Å². The van der Waals surface area contributed by atoms with Crippen molar-refractivity contribution in [2.75, 3.05) is 13.6 Å². The Morgan fingerprint density at radius 2 is 2.36 bits per heavy atom. The van der Waals surface area contributed by atoms with Crippen LogP contribution in [0.5, 0.6) is 0 Å². The average molecular weight is 155 g/mol. The van der Waals surface area contributed by atoms with Crippen molar-refractivity contribution in [2.45, 2.75) is 38.6 Å². The summed E-state index contributed by atoms with van der Waals surface area (Å²) in [5.74, 6) is 0.438. The number of carbonyl (C=O) groups excluding carboxylic acids is 1. The quantitative estimate of drug-likeness (QED) is 0.615. The van der Waals surface area contributed by atoms with Gasteiger partial charge in [-0.05, 0) is 32.9 Å². The summed E-state index contributed by atoms with van der Waals surface area (Å²) in [4.78, 5) is 13.6. The number of ketones is 1. The van der Waals surface area contributed by atoms with Gasteiger partial charge in [-0.1, -0.05) is 6.92 Å². The molecule has 0 aromatic carbocycles. The zero-order chi connectivity index (χ0) is 8.27. The monoisotopic (exact) mass is 155 g/mol. The maximum atomic E-state index is 11.4. The Kier molecular flexibility index (Phi) is 3.06. The molecule has 1 heterocycles. The van der Waals surface area contributed by atoms with E-state index in [2.05, 4.69) is 11.8 Å². The van der Waals surface area contributed by atoms with Gasteiger partial charge in [-0.15, -0.1) is 0 Å². The van der Waals surface area contributed by atoms with Crippen LogP contribution in [0.3, 0.4) is 0 Å². The molecule has 1 atom stereocenters. The maximum absolute atomic E-state index is 11.4. The number of likely N-dealkylation sites (N-methyl/N-ethyl adjacent to an activating group) is 1. The van der Waals surface area contributed by atoms with Crippen LogP contribution in [0.25, 0.3) is 0 Å². The number of hydrogen-bond acceptors (Lipinski definition) is 2. The molecule has 0 amide bonds. The van der Waals surface area contributed by atoms with Gasteiger partial charge in [0.15, 0.2) is 0 Å². The van der Waals surface area contributed by atoms with Crippen LogP contribution in [-0.4, -0.2) is 30.3 Å². The second kappa shape index (κ2) is 3.86. The minimum atomic E-state index is 0.245. The van der Waals surface area contributed by atoms with Crippen LogP contribution in [0, 0.1) is 0 Å². The number of carbonyl (C=O) groups is 1. The SMILES string of the molecule is CCCC(=O)[C@@H]1CCCN1C. The Morgan fingerprint density at radius 3 is 2.82 bits per heavy atom. The molecule has 0 unspecified atom stereocenters. The first-order chi connectivity index (χ1) is 5.25. The molecule has 0 bridgehead atoms. The molecule has 0 aliphatic carbocycles. The first-order valence-electron chi connectivity index (χ1n) is 4.48. The van der Waals surface area contributed by atoms with Gasteiger partial charge >= 0.3 is 0 Å². The van der Waals surface area contributed by atoms with Gasteiger partial charge in [0.2, 0.25) is 0 Å². The summed E-state index contributed by atoms with van der Waals surface area (Å²) in [6.45, 7) is 3.16. The van der Waals surface area contributed by atoms with Crippen molar-refractivity contribution in [3.8, 4) is 0 Å². The number of likely N-dealkylation sites (tertiary alicyclic amines) is 1. The Morgan fingerprint density at radius 1 is 1.64 bits per heavy atom. The Hall–Kier alpha value is -0.370. The third-order valence-corrected chi connectivity index (χ3v) is 2.39. The van der Waals surface area contributed by atoms with Crippen molar-refractivity contribution in [1.29, 1.82) is 0 Å². The molecule has 11 heavy (non-hydrogen) atoms. The molecule has 1 aliphatic rings. The highest BCUT2D eigenvalue weighted by atomic mass is 16.1. The molecular weight excluding hydrogens is 138 g/mol. The number of nitrogens with zero attached hydrogens (tertiary/aromatic N) is 1. The summed E-state index contributed by atoms with van der Waals surface area (Å²) < 4.78 is 0. The summed E-state index contributed by atoms with van der Waals surface area (Å²) >= 11 is 0. The van der Waals surface area contributed by atoms with Gasteiger partial charge in [0.05, 0.1) is 6.04 Å². The van der Waals surface area contributed by atoms with E-state index in [-0.39, 0.29) is 6.04 Å². The third-order valence-electron chi connectivity index (χ3n) is 2.39. The summed E-state index contributed by atoms with van der Waals surface area (Å²) in [5, 5.41) is 0. The summed E-state index contributed by atoms with van der Waals surface area (Å²) in [6.07, 6.45) is 4.02. The molecule has 1 rings (SSSR count). The lowest BCUT2D eigenvalue weighted by Gasteiger charge is -2.17. The number of hydrogen-bond donors (Lipinski definition) is 0. The molecule has 2 heteroatoms. The highest BCUT2D eigenvalue weighted by Gasteiger charge is 2.26. The van der Waals surface area contributed by atoms with Crippen molar-refractivity contribution >= 4 is 5.78 Å². The Balaban J connectivity index is 2.39. The van der Waals surface area contributed by atoms with Crippen LogP contribution in [0.4, 0.5) is 0 Å². The zero-order valence-corrected chi connectivity index (χ0v) is 7.47. The van der Waals surface area contributed by atoms with Gasteiger partial charge in [-0.25, -0.2) is 0 Å². The van der Waals surface area contributed by atoms with Crippen molar-refractivity contribution in [2.24, 2.45) is 0 Å². The van der Waals surface area contributed by atoms with E-state index in [0.717, 1.165) is 25.8 Å². The van der Waals surface area contributed by atoms with Crippen molar-refractivity contribution in [3.05, 3.63) is 0 Å². The molecular formula is C9H17NO. The molecule has 0 aromatic heterocycles. The highest BCUT2D eigenvalue weighted by molar-refractivity contribution is 5.84. The van der Waals surface area contributed by atoms with Crippen LogP contribution < -0.4 is 0 Å². The molecule has 64 valence electrons. The van der Waals surface area contributed by atoms with Crippen LogP contribution >= 0.6 is 0 Å². The largest absolute Gasteiger partial charge is 0.298 e. The third kappa shape index (κ3) is 2.03. The zero-order valence-electron chi connectivity index (χ0n) is 7.47. The molecule has 0 saturated carbocycles. The second-order valence-electron chi connectivity index (χ2n) is 3.35. The maximum Gasteiger partial charge on any atom is 0.149 e. The predicted octanol–water partition coefficient (Wildman–Crippen LogP) is 1.45. The van der Waals surface area contributed by atoms with E-state index in [4.69, 9.17) is 0 Å². The fourth-order valence-electron chi connectivity index (χ4n) is 1.73. The fourth-order valence-corrected chi connectivity index (χ4v) is 1.73. The molecule has 1 aliphatic heterocycles. The van der Waals surface area contributed by atoms with E-state index in [0.29, 0.717) is 5.78 Å². The van der Waals surface area contributed by atoms with E-state index in [1.54, 1.807) is 0 Å². The molecule has 1 fully saturated rings. The van der Waals surface area contributed by atoms with E-state index >= 15 is 0 Å². The van der Waals surface area contributed by atoms with E-state index in [1.807, 2.05) is 7.05 Å². The molecule has 0 spiro atoms. The minimum Gasteiger partial charge on any atom is -0.298 e. The molecule has 0 aromatic rings. The fraction of sp³-hybridized carbons (Fsp3) is 0.889. The first kappa shape index (κ1) is 8.72. The van der Waals surface area contributed by atoms with Crippen molar-refractivity contribution < 1.29 is 4.79 Å². The topological polar surface area (TPSA) is 20.3 Å². The van der Waals surface area contributed by atoms with Crippen LogP contribution in [0.15, 0.2) is 0 Å². The lowest BCUT2D eigenvalue weighted by molar-refractivity contribution is -0.122. The highest BCUT2D eigenvalue weighted by Crippen LogP contribution is 2.16. The second-order valence-corrected chi connectivity index (χ2v) is 3.35. The number of rotatable bonds is 3. The molecule has 2 nitrogen and oxygen atoms in total. The molecule has 0 radical (unpaired) electrons. The summed E-state index contributed by atoms with van der Waals surface area (Å²) in [6, 6.07) is 0.245. The lowest BCUT2D eigenvalue weighted by Crippen LogP contribution is -2.32. The van der Waals surface area contributed by atoms with Crippen molar-refractivity contribution in [3.63, 3.8) is 0 Å². The smallest absolute Gasteiger partial charge is 0.149 e. The normalized spacial score (nSPS) is 25.8. The van der Waals surface area contributed by atoms with Gasteiger partial charge in [0.1, 0.15) is 5.78 Å². The first-order valence-corrected chi connectivity index (χ1v) is 4.48. The van der Waals surface area contributed by atoms with Crippen LogP contribution in [0.2, 0.25) is 0 Å². The van der Waals surface area contributed by atoms with E-state index in [9.17, 15) is 4.79 Å². The minimum absolute atomic E-state index is 0.245. The predicted molar refractivity (Wildman–Crippen MR) is 45.6 cm³/mol. The Labute approximate surface area is 68.6 Å². The summed E-state index contributed by atoms with van der Waals surface area (Å²) in [7, 11) is 2.05. The average Bonchev–Trinajstić information content (AvgIpc) is 2.36. The van der Waals surface area contributed by atoms with Crippen LogP contribution in [-0.2, 0) is 4.79 Å². The number of Topliss-reactive ketones (excluding diaryl/α,β-unsaturated/α-hetero) is 1. The van der Waals surface area contributed by atoms with Crippen molar-refractivity contribution in [1.82, 2.24) is 4.90 Å². The van der Waals surface area contributed by atoms with Gasteiger partial charge < -0.3 is 0 Å². The Bertz CT molecular complexity index is 144. The van der Waals surface area contributed by atoms with Gasteiger partial charge in [0.25, 0.3) is 0 Å².